The molecule has 3 aromatic carbocycles. The van der Waals surface area contributed by atoms with E-state index in [1.165, 1.54) is 31.3 Å². The number of nitrogens with one attached hydrogen (secondary N) is 2. The molecule has 29 heavy (non-hydrogen) atoms. The topological polar surface area (TPSA) is 101 Å². The minimum absolute atomic E-state index is 0.114. The molecule has 0 saturated carbocycles. The Balaban J connectivity index is 2.09. The summed E-state index contributed by atoms with van der Waals surface area (Å²) >= 11 is 0. The third-order valence-corrected chi connectivity index (χ3v) is 5.77. The van der Waals surface area contributed by atoms with Crippen molar-refractivity contribution in [3.8, 4) is 0 Å². The van der Waals surface area contributed by atoms with Gasteiger partial charge in [0, 0.05) is 6.07 Å². The zero-order chi connectivity index (χ0) is 21.0. The van der Waals surface area contributed by atoms with Crippen LogP contribution < -0.4 is 10.0 Å². The minimum atomic E-state index is -3.84. The van der Waals surface area contributed by atoms with E-state index in [0.717, 1.165) is 11.6 Å². The predicted octanol–water partition coefficient (Wildman–Crippen LogP) is 3.84. The summed E-state index contributed by atoms with van der Waals surface area (Å²) in [6.07, 6.45) is 0. The van der Waals surface area contributed by atoms with Crippen LogP contribution in [0.25, 0.3) is 0 Å². The van der Waals surface area contributed by atoms with Crippen LogP contribution in [0.4, 0.5) is 15.8 Å². The average molecular weight is 415 g/mol. The monoisotopic (exact) mass is 415 g/mol. The van der Waals surface area contributed by atoms with E-state index in [0.29, 0.717) is 5.56 Å². The van der Waals surface area contributed by atoms with Crippen LogP contribution in [0.3, 0.4) is 0 Å². The van der Waals surface area contributed by atoms with Crippen LogP contribution >= 0.6 is 0 Å². The Kier molecular flexibility index (Phi) is 5.90. The average Bonchev–Trinajstić information content (AvgIpc) is 2.72. The molecule has 0 aromatic heterocycles. The summed E-state index contributed by atoms with van der Waals surface area (Å²) in [6, 6.07) is 18.0. The first-order valence-electron chi connectivity index (χ1n) is 8.61. The molecule has 0 aliphatic rings. The lowest BCUT2D eigenvalue weighted by atomic mass is 9.98. The van der Waals surface area contributed by atoms with Crippen molar-refractivity contribution in [2.75, 3.05) is 12.4 Å². The first kappa shape index (κ1) is 20.4. The Labute approximate surface area is 167 Å². The molecule has 1 atom stereocenters. The quantitative estimate of drug-likeness (QED) is 0.451. The third kappa shape index (κ3) is 4.58. The first-order valence-corrected chi connectivity index (χ1v) is 10.1. The van der Waals surface area contributed by atoms with Crippen LogP contribution in [0.2, 0.25) is 0 Å². The maximum absolute atomic E-state index is 13.8. The number of nitrogens with zero attached hydrogens (tertiary/aromatic N) is 1. The molecule has 0 amide bonds. The lowest BCUT2D eigenvalue weighted by molar-refractivity contribution is -0.384. The van der Waals surface area contributed by atoms with Gasteiger partial charge >= 0.3 is 0 Å². The molecule has 1 unspecified atom stereocenters. The van der Waals surface area contributed by atoms with Gasteiger partial charge in [0.1, 0.15) is 11.5 Å². The summed E-state index contributed by atoms with van der Waals surface area (Å²) in [5.41, 5.74) is 1.04. The SMILES string of the molecule is CNS(=O)(=O)c1ccc(NC(c2ccccc2)c2cccc(F)c2)c([N+](=O)[O-])c1. The van der Waals surface area contributed by atoms with E-state index < -0.39 is 32.5 Å². The standard InChI is InChI=1S/C20H18FN3O4S/c1-22-29(27,28)17-10-11-18(19(13-17)24(25)26)23-20(14-6-3-2-4-7-14)15-8-5-9-16(21)12-15/h2-13,20,22-23H,1H3. The maximum Gasteiger partial charge on any atom is 0.293 e. The molecular weight excluding hydrogens is 397 g/mol. The number of hydrogen-bond donors (Lipinski definition) is 2. The van der Waals surface area contributed by atoms with Crippen molar-refractivity contribution in [1.82, 2.24) is 4.72 Å². The predicted molar refractivity (Wildman–Crippen MR) is 108 cm³/mol. The van der Waals surface area contributed by atoms with Gasteiger partial charge in [-0.15, -0.1) is 0 Å². The van der Waals surface area contributed by atoms with Gasteiger partial charge in [-0.05, 0) is 42.4 Å². The van der Waals surface area contributed by atoms with E-state index in [1.54, 1.807) is 24.3 Å². The van der Waals surface area contributed by atoms with Gasteiger partial charge in [-0.3, -0.25) is 10.1 Å². The van der Waals surface area contributed by atoms with Crippen molar-refractivity contribution < 1.29 is 17.7 Å². The molecule has 150 valence electrons. The highest BCUT2D eigenvalue weighted by Crippen LogP contribution is 2.33. The summed E-state index contributed by atoms with van der Waals surface area (Å²) in [5.74, 6) is -0.435. The molecule has 9 heteroatoms. The van der Waals surface area contributed by atoms with Crippen molar-refractivity contribution in [1.29, 1.82) is 0 Å². The van der Waals surface area contributed by atoms with Crippen LogP contribution in [0.1, 0.15) is 17.2 Å². The highest BCUT2D eigenvalue weighted by Gasteiger charge is 2.23. The summed E-state index contributed by atoms with van der Waals surface area (Å²) in [6.45, 7) is 0. The number of anilines is 1. The summed E-state index contributed by atoms with van der Waals surface area (Å²) in [4.78, 5) is 10.7. The Morgan fingerprint density at radius 3 is 2.28 bits per heavy atom. The van der Waals surface area contributed by atoms with Crippen molar-refractivity contribution in [3.63, 3.8) is 0 Å². The van der Waals surface area contributed by atoms with Crippen LogP contribution in [-0.2, 0) is 10.0 Å². The molecule has 0 aliphatic heterocycles. The zero-order valence-electron chi connectivity index (χ0n) is 15.4. The molecule has 3 aromatic rings. The van der Waals surface area contributed by atoms with Crippen molar-refractivity contribution >= 4 is 21.4 Å². The van der Waals surface area contributed by atoms with Gasteiger partial charge in [0.15, 0.2) is 0 Å². The second-order valence-electron chi connectivity index (χ2n) is 6.19. The molecule has 0 saturated heterocycles. The lowest BCUT2D eigenvalue weighted by Crippen LogP contribution is -2.19. The molecule has 7 nitrogen and oxygen atoms in total. The van der Waals surface area contributed by atoms with Crippen molar-refractivity contribution in [2.45, 2.75) is 10.9 Å². The Morgan fingerprint density at radius 1 is 0.966 bits per heavy atom. The van der Waals surface area contributed by atoms with Gasteiger partial charge in [-0.1, -0.05) is 42.5 Å². The van der Waals surface area contributed by atoms with Gasteiger partial charge in [-0.25, -0.2) is 17.5 Å². The Hall–Kier alpha value is -3.30. The number of sulfonamides is 1. The fraction of sp³-hybridized carbons (Fsp3) is 0.100. The minimum Gasteiger partial charge on any atom is -0.369 e. The lowest BCUT2D eigenvalue weighted by Gasteiger charge is -2.21. The largest absolute Gasteiger partial charge is 0.369 e. The third-order valence-electron chi connectivity index (χ3n) is 4.36. The van der Waals surface area contributed by atoms with E-state index in [2.05, 4.69) is 10.0 Å². The molecule has 0 heterocycles. The molecule has 0 bridgehead atoms. The number of nitro groups is 1. The molecule has 0 radical (unpaired) electrons. The van der Waals surface area contributed by atoms with E-state index in [4.69, 9.17) is 0 Å². The normalized spacial score (nSPS) is 12.3. The van der Waals surface area contributed by atoms with Gasteiger partial charge in [0.05, 0.1) is 15.9 Å². The fourth-order valence-electron chi connectivity index (χ4n) is 2.92. The van der Waals surface area contributed by atoms with Crippen LogP contribution in [0, 0.1) is 15.9 Å². The highest BCUT2D eigenvalue weighted by molar-refractivity contribution is 7.89. The number of nitro benzene ring substituents is 1. The number of halogens is 1. The number of hydrogen-bond acceptors (Lipinski definition) is 5. The van der Waals surface area contributed by atoms with Crippen LogP contribution in [-0.4, -0.2) is 20.4 Å². The van der Waals surface area contributed by atoms with Crippen molar-refractivity contribution in [3.05, 3.63) is 99.9 Å². The Bertz CT molecular complexity index is 1140. The first-order chi connectivity index (χ1) is 13.8. The highest BCUT2D eigenvalue weighted by atomic mass is 32.2. The summed E-state index contributed by atoms with van der Waals surface area (Å²) in [5, 5.41) is 14.7. The van der Waals surface area contributed by atoms with E-state index in [1.807, 2.05) is 18.2 Å². The second kappa shape index (κ2) is 8.38. The smallest absolute Gasteiger partial charge is 0.293 e. The molecule has 3 rings (SSSR count). The Morgan fingerprint density at radius 2 is 1.66 bits per heavy atom. The summed E-state index contributed by atoms with van der Waals surface area (Å²) in [7, 11) is -2.62. The van der Waals surface area contributed by atoms with Gasteiger partial charge in [0.2, 0.25) is 10.0 Å². The number of rotatable bonds is 7. The van der Waals surface area contributed by atoms with Crippen LogP contribution in [0.5, 0.6) is 0 Å². The summed E-state index contributed by atoms with van der Waals surface area (Å²) < 4.78 is 39.9. The fourth-order valence-corrected chi connectivity index (χ4v) is 3.67. The van der Waals surface area contributed by atoms with Gasteiger partial charge in [-0.2, -0.15) is 0 Å². The molecular formula is C20H18FN3O4S. The molecule has 0 fully saturated rings. The maximum atomic E-state index is 13.8. The molecule has 2 N–H and O–H groups in total. The van der Waals surface area contributed by atoms with E-state index in [9.17, 15) is 22.9 Å². The van der Waals surface area contributed by atoms with Crippen LogP contribution in [0.15, 0.2) is 77.7 Å². The zero-order valence-corrected chi connectivity index (χ0v) is 16.2. The van der Waals surface area contributed by atoms with Gasteiger partial charge in [0.25, 0.3) is 5.69 Å². The number of benzene rings is 3. The van der Waals surface area contributed by atoms with E-state index >= 15 is 0 Å². The van der Waals surface area contributed by atoms with Crippen molar-refractivity contribution in [2.24, 2.45) is 0 Å². The van der Waals surface area contributed by atoms with E-state index in [-0.39, 0.29) is 10.6 Å². The second-order valence-corrected chi connectivity index (χ2v) is 8.07. The molecule has 0 spiro atoms. The van der Waals surface area contributed by atoms with Gasteiger partial charge < -0.3 is 5.32 Å². The molecule has 0 aliphatic carbocycles.